The number of ether oxygens (including phenoxy) is 1. The maximum atomic E-state index is 13.2. The molecule has 0 aliphatic heterocycles. The highest BCUT2D eigenvalue weighted by Gasteiger charge is 2.18. The van der Waals surface area contributed by atoms with E-state index in [0.717, 1.165) is 5.69 Å². The molecular weight excluding hydrogens is 356 g/mol. The third-order valence-corrected chi connectivity index (χ3v) is 4.58. The Hall–Kier alpha value is -3.67. The zero-order chi connectivity index (χ0) is 19.8. The molecule has 0 aliphatic carbocycles. The molecule has 0 amide bonds. The minimum Gasteiger partial charge on any atom is -0.460 e. The lowest BCUT2D eigenvalue weighted by atomic mass is 10.0. The third-order valence-electron chi connectivity index (χ3n) is 4.58. The minimum atomic E-state index is -0.425. The molecule has 0 radical (unpaired) electrons. The van der Waals surface area contributed by atoms with Crippen molar-refractivity contribution < 1.29 is 13.9 Å². The van der Waals surface area contributed by atoms with Crippen LogP contribution in [0.4, 0.5) is 0 Å². The number of nitrogens with zero attached hydrogens (tertiary/aromatic N) is 2. The maximum absolute atomic E-state index is 13.2. The number of benzene rings is 2. The standard InChI is InChI=1S/C22H18N2O4/c1-13-19(28-15(3)25)10-9-18-21(26)20(14(2)27-22(13)18)16-11-23-24(12-16)17-7-5-4-6-8-17/h4-12H,1-3H3. The zero-order valence-corrected chi connectivity index (χ0v) is 15.7. The highest BCUT2D eigenvalue weighted by Crippen LogP contribution is 2.30. The SMILES string of the molecule is CC(=O)Oc1ccc2c(=O)c(-c3cnn(-c4ccccc4)c3)c(C)oc2c1C. The molecule has 0 spiro atoms. The fraction of sp³-hybridized carbons (Fsp3) is 0.136. The van der Waals surface area contributed by atoms with Crippen molar-refractivity contribution in [1.29, 1.82) is 0 Å². The van der Waals surface area contributed by atoms with E-state index >= 15 is 0 Å². The topological polar surface area (TPSA) is 74.3 Å². The van der Waals surface area contributed by atoms with Crippen molar-refractivity contribution in [2.75, 3.05) is 0 Å². The van der Waals surface area contributed by atoms with Gasteiger partial charge in [0, 0.05) is 24.2 Å². The summed E-state index contributed by atoms with van der Waals surface area (Å²) in [6.45, 7) is 4.84. The summed E-state index contributed by atoms with van der Waals surface area (Å²) in [7, 11) is 0. The second-order valence-corrected chi connectivity index (χ2v) is 6.53. The molecule has 0 bridgehead atoms. The zero-order valence-electron chi connectivity index (χ0n) is 15.7. The first-order valence-corrected chi connectivity index (χ1v) is 8.81. The molecule has 0 aliphatic rings. The largest absolute Gasteiger partial charge is 0.460 e. The van der Waals surface area contributed by atoms with E-state index < -0.39 is 5.97 Å². The molecule has 0 unspecified atom stereocenters. The normalized spacial score (nSPS) is 11.0. The number of aromatic nitrogens is 2. The Bertz CT molecular complexity index is 1250. The van der Waals surface area contributed by atoms with Crippen molar-refractivity contribution in [2.45, 2.75) is 20.8 Å². The van der Waals surface area contributed by atoms with Crippen LogP contribution in [0.25, 0.3) is 27.8 Å². The first kappa shape index (κ1) is 17.7. The molecule has 0 N–H and O–H groups in total. The number of esters is 1. The van der Waals surface area contributed by atoms with Crippen LogP contribution in [0, 0.1) is 13.8 Å². The second kappa shape index (κ2) is 6.81. The summed E-state index contributed by atoms with van der Waals surface area (Å²) in [5.41, 5.74) is 2.93. The fourth-order valence-corrected chi connectivity index (χ4v) is 3.26. The molecule has 2 aromatic heterocycles. The summed E-state index contributed by atoms with van der Waals surface area (Å²) in [5, 5.41) is 4.80. The van der Waals surface area contributed by atoms with Crippen molar-refractivity contribution in [3.8, 4) is 22.6 Å². The van der Waals surface area contributed by atoms with Crippen LogP contribution in [0.2, 0.25) is 0 Å². The third kappa shape index (κ3) is 2.99. The van der Waals surface area contributed by atoms with Gasteiger partial charge in [-0.25, -0.2) is 4.68 Å². The van der Waals surface area contributed by atoms with Crippen molar-refractivity contribution in [2.24, 2.45) is 0 Å². The number of para-hydroxylation sites is 1. The number of carbonyl (C=O) groups excluding carboxylic acids is 1. The van der Waals surface area contributed by atoms with Gasteiger partial charge in [-0.2, -0.15) is 5.10 Å². The number of carbonyl (C=O) groups is 1. The van der Waals surface area contributed by atoms with Crippen LogP contribution in [0.5, 0.6) is 5.75 Å². The molecule has 2 heterocycles. The predicted molar refractivity (Wildman–Crippen MR) is 106 cm³/mol. The summed E-state index contributed by atoms with van der Waals surface area (Å²) in [5.74, 6) is 0.437. The van der Waals surface area contributed by atoms with Gasteiger partial charge in [-0.1, -0.05) is 18.2 Å². The fourth-order valence-electron chi connectivity index (χ4n) is 3.26. The smallest absolute Gasteiger partial charge is 0.308 e. The Labute approximate surface area is 161 Å². The van der Waals surface area contributed by atoms with Crippen molar-refractivity contribution in [3.63, 3.8) is 0 Å². The summed E-state index contributed by atoms with van der Waals surface area (Å²) < 4.78 is 12.9. The molecule has 6 heteroatoms. The van der Waals surface area contributed by atoms with Gasteiger partial charge in [-0.15, -0.1) is 0 Å². The lowest BCUT2D eigenvalue weighted by Gasteiger charge is -2.10. The average molecular weight is 374 g/mol. The Morgan fingerprint density at radius 1 is 1.11 bits per heavy atom. The maximum Gasteiger partial charge on any atom is 0.308 e. The van der Waals surface area contributed by atoms with Gasteiger partial charge in [0.1, 0.15) is 17.1 Å². The van der Waals surface area contributed by atoms with Crippen LogP contribution in [0.1, 0.15) is 18.2 Å². The molecule has 28 heavy (non-hydrogen) atoms. The van der Waals surface area contributed by atoms with Crippen molar-refractivity contribution >= 4 is 16.9 Å². The predicted octanol–water partition coefficient (Wildman–Crippen LogP) is 4.19. The molecule has 4 aromatic rings. The van der Waals surface area contributed by atoms with Crippen LogP contribution >= 0.6 is 0 Å². The van der Waals surface area contributed by atoms with E-state index in [1.807, 2.05) is 30.3 Å². The lowest BCUT2D eigenvalue weighted by molar-refractivity contribution is -0.131. The van der Waals surface area contributed by atoms with Gasteiger partial charge in [0.05, 0.1) is 22.8 Å². The van der Waals surface area contributed by atoms with E-state index in [-0.39, 0.29) is 5.43 Å². The number of hydrogen-bond acceptors (Lipinski definition) is 5. The molecule has 0 fully saturated rings. The lowest BCUT2D eigenvalue weighted by Crippen LogP contribution is -2.09. The van der Waals surface area contributed by atoms with Gasteiger partial charge in [0.15, 0.2) is 0 Å². The van der Waals surface area contributed by atoms with E-state index in [1.54, 1.807) is 43.1 Å². The van der Waals surface area contributed by atoms with E-state index in [0.29, 0.717) is 39.2 Å². The van der Waals surface area contributed by atoms with E-state index in [9.17, 15) is 9.59 Å². The first-order chi connectivity index (χ1) is 13.5. The van der Waals surface area contributed by atoms with E-state index in [4.69, 9.17) is 9.15 Å². The van der Waals surface area contributed by atoms with Crippen LogP contribution in [-0.2, 0) is 4.79 Å². The van der Waals surface area contributed by atoms with Crippen LogP contribution < -0.4 is 10.2 Å². The van der Waals surface area contributed by atoms with Gasteiger partial charge < -0.3 is 9.15 Å². The number of aryl methyl sites for hydroxylation is 2. The summed E-state index contributed by atoms with van der Waals surface area (Å²) in [6, 6.07) is 12.9. The molecule has 0 saturated heterocycles. The van der Waals surface area contributed by atoms with Gasteiger partial charge in [0.25, 0.3) is 0 Å². The first-order valence-electron chi connectivity index (χ1n) is 8.81. The summed E-state index contributed by atoms with van der Waals surface area (Å²) >= 11 is 0. The summed E-state index contributed by atoms with van der Waals surface area (Å²) in [6.07, 6.45) is 3.46. The van der Waals surface area contributed by atoms with Crippen molar-refractivity contribution in [1.82, 2.24) is 9.78 Å². The van der Waals surface area contributed by atoms with Crippen LogP contribution in [0.15, 0.2) is 64.1 Å². The highest BCUT2D eigenvalue weighted by atomic mass is 16.5. The Morgan fingerprint density at radius 3 is 2.57 bits per heavy atom. The van der Waals surface area contributed by atoms with Gasteiger partial charge in [-0.3, -0.25) is 9.59 Å². The Kier molecular flexibility index (Phi) is 4.31. The average Bonchev–Trinajstić information content (AvgIpc) is 3.15. The minimum absolute atomic E-state index is 0.149. The number of rotatable bonds is 3. The van der Waals surface area contributed by atoms with Gasteiger partial charge in [-0.05, 0) is 38.1 Å². The molecule has 0 atom stereocenters. The quantitative estimate of drug-likeness (QED) is 0.397. The number of fused-ring (bicyclic) bond motifs is 1. The van der Waals surface area contributed by atoms with Crippen molar-refractivity contribution in [3.05, 3.63) is 76.4 Å². The Balaban J connectivity index is 1.86. The molecule has 6 nitrogen and oxygen atoms in total. The second-order valence-electron chi connectivity index (χ2n) is 6.53. The highest BCUT2D eigenvalue weighted by molar-refractivity contribution is 5.87. The van der Waals surface area contributed by atoms with Crippen LogP contribution in [0.3, 0.4) is 0 Å². The molecule has 140 valence electrons. The monoisotopic (exact) mass is 374 g/mol. The van der Waals surface area contributed by atoms with Gasteiger partial charge in [0.2, 0.25) is 5.43 Å². The molecular formula is C22H18N2O4. The van der Waals surface area contributed by atoms with E-state index in [2.05, 4.69) is 5.10 Å². The Morgan fingerprint density at radius 2 is 1.86 bits per heavy atom. The number of hydrogen-bond donors (Lipinski definition) is 0. The summed E-state index contributed by atoms with van der Waals surface area (Å²) in [4.78, 5) is 24.4. The van der Waals surface area contributed by atoms with Gasteiger partial charge >= 0.3 is 5.97 Å². The molecule has 0 saturated carbocycles. The molecule has 2 aromatic carbocycles. The van der Waals surface area contributed by atoms with Crippen LogP contribution in [-0.4, -0.2) is 15.7 Å². The molecule has 4 rings (SSSR count). The van der Waals surface area contributed by atoms with E-state index in [1.165, 1.54) is 6.92 Å².